The lowest BCUT2D eigenvalue weighted by Gasteiger charge is -2.35. The van der Waals surface area contributed by atoms with Gasteiger partial charge in [0.25, 0.3) is 0 Å². The summed E-state index contributed by atoms with van der Waals surface area (Å²) in [6, 6.07) is 47.1. The van der Waals surface area contributed by atoms with Crippen LogP contribution in [0.1, 0.15) is 25.0 Å². The van der Waals surface area contributed by atoms with Crippen LogP contribution < -0.4 is 0 Å². The Balaban J connectivity index is 1.35. The van der Waals surface area contributed by atoms with E-state index in [4.69, 9.17) is 0 Å². The normalized spacial score (nSPS) is 13.5. The number of aromatic nitrogens is 1. The monoisotopic (exact) mass is 547 g/mol. The minimum Gasteiger partial charge on any atom is -0.263 e. The first-order valence-electron chi connectivity index (χ1n) is 15.0. The van der Waals surface area contributed by atoms with Gasteiger partial charge in [-0.2, -0.15) is 0 Å². The summed E-state index contributed by atoms with van der Waals surface area (Å²) in [7, 11) is 0. The van der Waals surface area contributed by atoms with Crippen molar-refractivity contribution in [3.8, 4) is 33.4 Å². The van der Waals surface area contributed by atoms with Gasteiger partial charge in [-0.25, -0.2) is 0 Å². The summed E-state index contributed by atoms with van der Waals surface area (Å²) < 4.78 is 0. The number of rotatable bonds is 2. The molecule has 0 unspecified atom stereocenters. The van der Waals surface area contributed by atoms with E-state index in [2.05, 4.69) is 146 Å². The van der Waals surface area contributed by atoms with Crippen molar-refractivity contribution < 1.29 is 0 Å². The predicted molar refractivity (Wildman–Crippen MR) is 183 cm³/mol. The van der Waals surface area contributed by atoms with E-state index < -0.39 is 0 Å². The van der Waals surface area contributed by atoms with Crippen LogP contribution in [0.15, 0.2) is 140 Å². The van der Waals surface area contributed by atoms with E-state index in [-0.39, 0.29) is 5.41 Å². The Hall–Kier alpha value is -5.27. The van der Waals surface area contributed by atoms with E-state index >= 15 is 0 Å². The molecule has 0 bridgehead atoms. The fourth-order valence-corrected chi connectivity index (χ4v) is 7.62. The molecule has 8 aromatic rings. The zero-order chi connectivity index (χ0) is 28.7. The molecule has 0 spiro atoms. The second-order valence-corrected chi connectivity index (χ2v) is 12.4. The van der Waals surface area contributed by atoms with E-state index in [1.165, 1.54) is 87.6 Å². The quantitative estimate of drug-likeness (QED) is 0.196. The third-order valence-corrected chi connectivity index (χ3v) is 9.72. The molecule has 9 rings (SSSR count). The van der Waals surface area contributed by atoms with Crippen LogP contribution in [-0.4, -0.2) is 4.98 Å². The third-order valence-electron chi connectivity index (χ3n) is 9.72. The molecule has 1 aromatic heterocycles. The zero-order valence-corrected chi connectivity index (χ0v) is 24.2. The molecule has 0 fully saturated rings. The molecule has 0 atom stereocenters. The molecule has 0 saturated heterocycles. The van der Waals surface area contributed by atoms with Crippen molar-refractivity contribution in [1.82, 2.24) is 4.98 Å². The van der Waals surface area contributed by atoms with Crippen LogP contribution in [-0.2, 0) is 5.41 Å². The van der Waals surface area contributed by atoms with Crippen LogP contribution in [0.5, 0.6) is 0 Å². The van der Waals surface area contributed by atoms with Gasteiger partial charge in [0, 0.05) is 28.8 Å². The molecule has 0 N–H and O–H groups in total. The van der Waals surface area contributed by atoms with Crippen molar-refractivity contribution >= 4 is 43.1 Å². The standard InChI is InChI=1S/C42H29N/c1-42(2)39-18-10-13-28-24-43-25-38(41(28)39)33-20-19-27(21-40(33)42)35-23-37-31-16-8-6-14-29(31)34(26-11-4-3-5-12-26)22-36(37)32-17-9-7-15-30(32)35/h3-25H,1-2H3. The molecule has 7 aromatic carbocycles. The Morgan fingerprint density at radius 1 is 0.419 bits per heavy atom. The first kappa shape index (κ1) is 24.3. The molecule has 0 radical (unpaired) electrons. The summed E-state index contributed by atoms with van der Waals surface area (Å²) in [6.45, 7) is 4.73. The smallest absolute Gasteiger partial charge is 0.0353 e. The first-order chi connectivity index (χ1) is 21.1. The number of fused-ring (bicyclic) bond motifs is 7. The first-order valence-corrected chi connectivity index (χ1v) is 15.0. The Morgan fingerprint density at radius 2 is 1.05 bits per heavy atom. The van der Waals surface area contributed by atoms with Gasteiger partial charge in [-0.05, 0) is 94.8 Å². The molecule has 0 amide bonds. The minimum atomic E-state index is -0.136. The number of benzene rings is 7. The van der Waals surface area contributed by atoms with Gasteiger partial charge in [0.15, 0.2) is 0 Å². The molecule has 1 heterocycles. The van der Waals surface area contributed by atoms with Crippen LogP contribution in [0.2, 0.25) is 0 Å². The van der Waals surface area contributed by atoms with E-state index in [0.29, 0.717) is 0 Å². The summed E-state index contributed by atoms with van der Waals surface area (Å²) in [5.74, 6) is 0. The van der Waals surface area contributed by atoms with Gasteiger partial charge < -0.3 is 0 Å². The van der Waals surface area contributed by atoms with Crippen molar-refractivity contribution in [1.29, 1.82) is 0 Å². The molecular weight excluding hydrogens is 518 g/mol. The molecule has 1 nitrogen and oxygen atoms in total. The maximum atomic E-state index is 4.62. The van der Waals surface area contributed by atoms with Gasteiger partial charge in [0.2, 0.25) is 0 Å². The van der Waals surface area contributed by atoms with Gasteiger partial charge in [-0.15, -0.1) is 0 Å². The summed E-state index contributed by atoms with van der Waals surface area (Å²) in [6.07, 6.45) is 4.04. The fourth-order valence-electron chi connectivity index (χ4n) is 7.62. The van der Waals surface area contributed by atoms with Crippen LogP contribution in [0.25, 0.3) is 76.5 Å². The van der Waals surface area contributed by atoms with E-state index in [9.17, 15) is 0 Å². The Kier molecular flexibility index (Phi) is 5.02. The summed E-state index contributed by atoms with van der Waals surface area (Å²) in [4.78, 5) is 4.62. The largest absolute Gasteiger partial charge is 0.263 e. The number of hydrogen-bond donors (Lipinski definition) is 0. The SMILES string of the molecule is CC1(C)c2cc(-c3cc4c5ccccc5c(-c5ccccc5)cc4c4ccccc34)ccc2-c2cncc3cccc1c23. The predicted octanol–water partition coefficient (Wildman–Crippen LogP) is 11.3. The molecule has 1 heteroatoms. The molecule has 0 saturated carbocycles. The van der Waals surface area contributed by atoms with Crippen LogP contribution in [0.3, 0.4) is 0 Å². The van der Waals surface area contributed by atoms with Gasteiger partial charge in [0.1, 0.15) is 0 Å². The molecule has 202 valence electrons. The average Bonchev–Trinajstić information content (AvgIpc) is 3.06. The van der Waals surface area contributed by atoms with Crippen LogP contribution >= 0.6 is 0 Å². The van der Waals surface area contributed by atoms with Gasteiger partial charge in [-0.1, -0.05) is 123 Å². The van der Waals surface area contributed by atoms with Crippen molar-refractivity contribution in [2.24, 2.45) is 0 Å². The number of hydrogen-bond acceptors (Lipinski definition) is 1. The topological polar surface area (TPSA) is 12.9 Å². The van der Waals surface area contributed by atoms with Crippen molar-refractivity contribution in [2.45, 2.75) is 19.3 Å². The van der Waals surface area contributed by atoms with Crippen LogP contribution in [0, 0.1) is 0 Å². The lowest BCUT2D eigenvalue weighted by Crippen LogP contribution is -2.23. The molecular formula is C42H29N. The van der Waals surface area contributed by atoms with E-state index in [1.54, 1.807) is 0 Å². The zero-order valence-electron chi connectivity index (χ0n) is 24.2. The Morgan fingerprint density at radius 3 is 1.74 bits per heavy atom. The number of nitrogens with zero attached hydrogens (tertiary/aromatic N) is 1. The maximum absolute atomic E-state index is 4.62. The summed E-state index contributed by atoms with van der Waals surface area (Å²) in [5, 5.41) is 10.3. The van der Waals surface area contributed by atoms with Crippen molar-refractivity contribution in [3.05, 3.63) is 151 Å². The highest BCUT2D eigenvalue weighted by Gasteiger charge is 2.33. The Labute approximate surface area is 251 Å². The number of pyridine rings is 1. The highest BCUT2D eigenvalue weighted by Crippen LogP contribution is 2.50. The molecule has 0 aliphatic heterocycles. The van der Waals surface area contributed by atoms with Crippen LogP contribution in [0.4, 0.5) is 0 Å². The highest BCUT2D eigenvalue weighted by atomic mass is 14.6. The molecule has 43 heavy (non-hydrogen) atoms. The highest BCUT2D eigenvalue weighted by molar-refractivity contribution is 6.24. The Bertz CT molecular complexity index is 2410. The fraction of sp³-hybridized carbons (Fsp3) is 0.0714. The van der Waals surface area contributed by atoms with Gasteiger partial charge in [-0.3, -0.25) is 4.98 Å². The lowest BCUT2D eigenvalue weighted by atomic mass is 9.68. The molecule has 1 aliphatic rings. The third kappa shape index (κ3) is 3.43. The molecule has 1 aliphatic carbocycles. The summed E-state index contributed by atoms with van der Waals surface area (Å²) in [5.41, 5.74) is 10.2. The van der Waals surface area contributed by atoms with Crippen molar-refractivity contribution in [2.75, 3.05) is 0 Å². The minimum absolute atomic E-state index is 0.136. The van der Waals surface area contributed by atoms with E-state index in [0.717, 1.165) is 0 Å². The van der Waals surface area contributed by atoms with Gasteiger partial charge in [0.05, 0.1) is 0 Å². The van der Waals surface area contributed by atoms with Crippen molar-refractivity contribution in [3.63, 3.8) is 0 Å². The lowest BCUT2D eigenvalue weighted by molar-refractivity contribution is 0.645. The second-order valence-electron chi connectivity index (χ2n) is 12.4. The second kappa shape index (κ2) is 8.86. The maximum Gasteiger partial charge on any atom is 0.0353 e. The van der Waals surface area contributed by atoms with E-state index in [1.807, 2.05) is 12.4 Å². The average molecular weight is 548 g/mol. The van der Waals surface area contributed by atoms with Gasteiger partial charge >= 0.3 is 0 Å². The summed E-state index contributed by atoms with van der Waals surface area (Å²) >= 11 is 0.